The Bertz CT molecular complexity index is 1200. The van der Waals surface area contributed by atoms with Gasteiger partial charge in [0.2, 0.25) is 5.88 Å². The lowest BCUT2D eigenvalue weighted by Gasteiger charge is -2.34. The molecule has 2 heterocycles. The number of aryl methyl sites for hydroxylation is 1. The normalized spacial score (nSPS) is 20.6. The fraction of sp³-hybridized carbons (Fsp3) is 0.217. The molecule has 0 bridgehead atoms. The summed E-state index contributed by atoms with van der Waals surface area (Å²) in [4.78, 5) is 13.4. The van der Waals surface area contributed by atoms with Gasteiger partial charge in [0.25, 0.3) is 0 Å². The molecule has 1 aliphatic heterocycles. The predicted molar refractivity (Wildman–Crippen MR) is 113 cm³/mol. The van der Waals surface area contributed by atoms with E-state index in [-0.39, 0.29) is 23.3 Å². The van der Waals surface area contributed by atoms with E-state index in [1.807, 2.05) is 25.1 Å². The highest BCUT2D eigenvalue weighted by atomic mass is 79.9. The number of halogens is 2. The molecule has 152 valence electrons. The van der Waals surface area contributed by atoms with Gasteiger partial charge in [-0.2, -0.15) is 0 Å². The van der Waals surface area contributed by atoms with Crippen LogP contribution in [0.25, 0.3) is 0 Å². The van der Waals surface area contributed by atoms with E-state index >= 15 is 0 Å². The molecule has 5 rings (SSSR count). The van der Waals surface area contributed by atoms with Crippen molar-refractivity contribution in [1.29, 1.82) is 0 Å². The van der Waals surface area contributed by atoms with Crippen LogP contribution in [0.2, 0.25) is 0 Å². The van der Waals surface area contributed by atoms with Crippen LogP contribution in [0.5, 0.6) is 5.75 Å². The van der Waals surface area contributed by atoms with Crippen LogP contribution in [0.3, 0.4) is 0 Å². The second kappa shape index (κ2) is 7.09. The second-order valence-electron chi connectivity index (χ2n) is 7.75. The maximum absolute atomic E-state index is 14.4. The summed E-state index contributed by atoms with van der Waals surface area (Å²) in [7, 11) is 0. The first-order valence-electron chi connectivity index (χ1n) is 9.65. The third-order valence-electron chi connectivity index (χ3n) is 5.90. The summed E-state index contributed by atoms with van der Waals surface area (Å²) in [5.74, 6) is -0.125. The molecule has 1 aromatic heterocycles. The van der Waals surface area contributed by atoms with Crippen molar-refractivity contribution in [2.24, 2.45) is 0 Å². The van der Waals surface area contributed by atoms with E-state index in [2.05, 4.69) is 26.4 Å². The van der Waals surface area contributed by atoms with Gasteiger partial charge in [-0.25, -0.2) is 4.39 Å². The van der Waals surface area contributed by atoms with Crippen LogP contribution in [0, 0.1) is 12.7 Å². The van der Waals surface area contributed by atoms with Crippen LogP contribution >= 0.6 is 15.9 Å². The summed E-state index contributed by atoms with van der Waals surface area (Å²) in [6, 6.07) is 11.9. The Balaban J connectivity index is 1.62. The van der Waals surface area contributed by atoms with Crippen molar-refractivity contribution in [3.05, 3.63) is 86.4 Å². The standard InChI is InChI=1S/C23H18BrFN2O3/c1-11-20-21(13-4-7-16(24)17(25)8-13)22-18(26-23(20)30-27-11)9-14(10-19(22)29)12-2-5-15(28)6-3-12/h2-8,14,21,26,28H,9-10H2,1H3/t14-,21+/m0/s1. The first-order valence-corrected chi connectivity index (χ1v) is 10.4. The largest absolute Gasteiger partial charge is 0.508 e. The molecule has 0 saturated carbocycles. The number of rotatable bonds is 2. The number of fused-ring (bicyclic) bond motifs is 1. The highest BCUT2D eigenvalue weighted by Crippen LogP contribution is 2.49. The fourth-order valence-electron chi connectivity index (χ4n) is 4.48. The molecule has 2 aromatic carbocycles. The third-order valence-corrected chi connectivity index (χ3v) is 6.54. The number of benzene rings is 2. The van der Waals surface area contributed by atoms with Gasteiger partial charge in [0.05, 0.1) is 15.7 Å². The van der Waals surface area contributed by atoms with E-state index in [1.165, 1.54) is 6.07 Å². The predicted octanol–water partition coefficient (Wildman–Crippen LogP) is 5.55. The fourth-order valence-corrected chi connectivity index (χ4v) is 4.73. The number of anilines is 1. The molecule has 0 fully saturated rings. The van der Waals surface area contributed by atoms with Crippen LogP contribution in [0.4, 0.5) is 10.3 Å². The van der Waals surface area contributed by atoms with Crippen molar-refractivity contribution < 1.29 is 18.8 Å². The molecule has 0 saturated heterocycles. The molecule has 30 heavy (non-hydrogen) atoms. The Morgan fingerprint density at radius 2 is 1.90 bits per heavy atom. The van der Waals surface area contributed by atoms with Crippen molar-refractivity contribution in [3.8, 4) is 5.75 Å². The van der Waals surface area contributed by atoms with Crippen molar-refractivity contribution in [2.45, 2.75) is 31.6 Å². The van der Waals surface area contributed by atoms with Gasteiger partial charge in [0, 0.05) is 23.6 Å². The van der Waals surface area contributed by atoms with E-state index in [0.29, 0.717) is 40.0 Å². The number of phenolic OH excluding ortho intramolecular Hbond substituents is 1. The second-order valence-corrected chi connectivity index (χ2v) is 8.61. The van der Waals surface area contributed by atoms with E-state index < -0.39 is 5.92 Å². The number of carbonyl (C=O) groups is 1. The number of hydrogen-bond acceptors (Lipinski definition) is 5. The number of ketones is 1. The number of nitrogens with one attached hydrogen (secondary N) is 1. The maximum Gasteiger partial charge on any atom is 0.233 e. The molecular weight excluding hydrogens is 451 g/mol. The lowest BCUT2D eigenvalue weighted by atomic mass is 9.72. The number of carbonyl (C=O) groups excluding carboxylic acids is 1. The number of aromatic nitrogens is 1. The van der Waals surface area contributed by atoms with Gasteiger partial charge in [0.15, 0.2) is 5.78 Å². The molecule has 0 amide bonds. The average molecular weight is 469 g/mol. The zero-order chi connectivity index (χ0) is 21.0. The molecule has 0 unspecified atom stereocenters. The number of Topliss-reactive ketones (excluding diaryl/α,β-unsaturated/α-hetero) is 1. The Labute approximate surface area is 180 Å². The zero-order valence-electron chi connectivity index (χ0n) is 16.1. The molecule has 1 aliphatic carbocycles. The third kappa shape index (κ3) is 3.04. The number of nitrogens with zero attached hydrogens (tertiary/aromatic N) is 1. The quantitative estimate of drug-likeness (QED) is 0.515. The minimum Gasteiger partial charge on any atom is -0.508 e. The maximum atomic E-state index is 14.4. The zero-order valence-corrected chi connectivity index (χ0v) is 17.7. The van der Waals surface area contributed by atoms with E-state index in [4.69, 9.17) is 4.52 Å². The van der Waals surface area contributed by atoms with Gasteiger partial charge >= 0.3 is 0 Å². The molecule has 7 heteroatoms. The van der Waals surface area contributed by atoms with Crippen LogP contribution in [-0.2, 0) is 4.79 Å². The van der Waals surface area contributed by atoms with E-state index in [0.717, 1.165) is 16.8 Å². The Morgan fingerprint density at radius 3 is 2.63 bits per heavy atom. The summed E-state index contributed by atoms with van der Waals surface area (Å²) in [5.41, 5.74) is 4.54. The number of allylic oxidation sites excluding steroid dienone is 2. The number of hydrogen-bond donors (Lipinski definition) is 2. The van der Waals surface area contributed by atoms with Crippen molar-refractivity contribution in [2.75, 3.05) is 5.32 Å². The van der Waals surface area contributed by atoms with Crippen molar-refractivity contribution in [3.63, 3.8) is 0 Å². The van der Waals surface area contributed by atoms with Crippen molar-refractivity contribution in [1.82, 2.24) is 5.16 Å². The molecule has 2 N–H and O–H groups in total. The van der Waals surface area contributed by atoms with Gasteiger partial charge in [0.1, 0.15) is 11.6 Å². The molecule has 2 aliphatic rings. The van der Waals surface area contributed by atoms with Gasteiger partial charge in [-0.3, -0.25) is 4.79 Å². The lowest BCUT2D eigenvalue weighted by molar-refractivity contribution is -0.116. The number of phenols is 1. The first-order chi connectivity index (χ1) is 14.4. The summed E-state index contributed by atoms with van der Waals surface area (Å²) < 4.78 is 20.2. The monoisotopic (exact) mass is 468 g/mol. The average Bonchev–Trinajstić information content (AvgIpc) is 3.09. The van der Waals surface area contributed by atoms with E-state index in [1.54, 1.807) is 18.2 Å². The highest BCUT2D eigenvalue weighted by Gasteiger charge is 2.41. The molecule has 3 aromatic rings. The smallest absolute Gasteiger partial charge is 0.233 e. The lowest BCUT2D eigenvalue weighted by Crippen LogP contribution is -2.29. The summed E-state index contributed by atoms with van der Waals surface area (Å²) in [6.45, 7) is 1.82. The SMILES string of the molecule is Cc1noc2c1[C@@H](c1ccc(Br)c(F)c1)C1=C(C[C@H](c3ccc(O)cc3)CC1=O)N2. The van der Waals surface area contributed by atoms with Gasteiger partial charge in [-0.05, 0) is 70.6 Å². The van der Waals surface area contributed by atoms with Crippen LogP contribution in [0.15, 0.2) is 62.7 Å². The molecule has 0 spiro atoms. The molecule has 0 radical (unpaired) electrons. The molecular formula is C23H18BrFN2O3. The van der Waals surface area contributed by atoms with Crippen LogP contribution in [0.1, 0.15) is 47.1 Å². The van der Waals surface area contributed by atoms with Crippen molar-refractivity contribution >= 4 is 27.6 Å². The first kappa shape index (κ1) is 19.1. The minimum absolute atomic E-state index is 0.0152. The number of aromatic hydroxyl groups is 1. The van der Waals surface area contributed by atoms with E-state index in [9.17, 15) is 14.3 Å². The molecule has 5 nitrogen and oxygen atoms in total. The Kier molecular flexibility index (Phi) is 4.50. The summed E-state index contributed by atoms with van der Waals surface area (Å²) in [5, 5.41) is 16.9. The Hall–Kier alpha value is -2.93. The van der Waals surface area contributed by atoms with Gasteiger partial charge in [-0.15, -0.1) is 0 Å². The van der Waals surface area contributed by atoms with Gasteiger partial charge in [-0.1, -0.05) is 23.4 Å². The Morgan fingerprint density at radius 1 is 1.17 bits per heavy atom. The summed E-state index contributed by atoms with van der Waals surface area (Å²) >= 11 is 3.20. The summed E-state index contributed by atoms with van der Waals surface area (Å²) in [6.07, 6.45) is 0.959. The van der Waals surface area contributed by atoms with Gasteiger partial charge < -0.3 is 14.9 Å². The molecule has 2 atom stereocenters. The highest BCUT2D eigenvalue weighted by molar-refractivity contribution is 9.10. The topological polar surface area (TPSA) is 75.4 Å². The minimum atomic E-state index is -0.432. The van der Waals surface area contributed by atoms with Crippen LogP contribution < -0.4 is 5.32 Å². The van der Waals surface area contributed by atoms with Crippen LogP contribution in [-0.4, -0.2) is 16.0 Å².